The molecule has 1 aromatic carbocycles. The van der Waals surface area contributed by atoms with Crippen LogP contribution in [0.2, 0.25) is 0 Å². The normalized spacial score (nSPS) is 25.7. The van der Waals surface area contributed by atoms with Gasteiger partial charge in [-0.25, -0.2) is 4.79 Å². The van der Waals surface area contributed by atoms with Crippen LogP contribution in [-0.4, -0.2) is 212 Å². The van der Waals surface area contributed by atoms with Crippen molar-refractivity contribution in [1.29, 1.82) is 0 Å². The number of fused-ring (bicyclic) bond motifs is 1. The molecule has 10 atom stereocenters. The topological polar surface area (TPSA) is 492 Å². The monoisotopic (exact) mass is 1200 g/mol. The number of primary amides is 1. The number of carbonyl (C=O) groups excluding carboxylic acids is 11. The van der Waals surface area contributed by atoms with Gasteiger partial charge in [-0.3, -0.25) is 57.5 Å². The van der Waals surface area contributed by atoms with Gasteiger partial charge in [-0.05, 0) is 88.1 Å². The number of benzene rings is 1. The van der Waals surface area contributed by atoms with Crippen LogP contribution >= 0.6 is 33.3 Å². The molecule has 0 aromatic heterocycles. The van der Waals surface area contributed by atoms with E-state index in [0.717, 1.165) is 33.4 Å². The lowest BCUT2D eigenvalue weighted by Crippen LogP contribution is -2.61. The average Bonchev–Trinajstić information content (AvgIpc) is 3.92. The number of nitrogens with zero attached hydrogens (tertiary/aromatic N) is 1. The van der Waals surface area contributed by atoms with Crippen LogP contribution in [0.25, 0.3) is 0 Å². The molecule has 2 aliphatic rings. The second kappa shape index (κ2) is 35.0. The summed E-state index contributed by atoms with van der Waals surface area (Å²) >= 11 is 1.33. The van der Waals surface area contributed by atoms with Crippen LogP contribution in [0, 0.1) is 0 Å². The fourth-order valence-corrected chi connectivity index (χ4v) is 10.8. The van der Waals surface area contributed by atoms with E-state index < -0.39 is 170 Å². The number of aliphatic hydroxyl groups excluding tert-OH is 1. The lowest BCUT2D eigenvalue weighted by molar-refractivity contribution is -0.143. The van der Waals surface area contributed by atoms with Crippen molar-refractivity contribution >= 4 is 110 Å². The molecule has 0 saturated carbocycles. The van der Waals surface area contributed by atoms with Crippen molar-refractivity contribution < 1.29 is 82.8 Å². The minimum Gasteiger partial charge on any atom is -0.508 e. The highest BCUT2D eigenvalue weighted by Gasteiger charge is 2.40. The third kappa shape index (κ3) is 24.0. The fraction of sp³-hybridized carbons (Fsp3) is 0.604. The smallest absolute Gasteiger partial charge is 0.327 e. The van der Waals surface area contributed by atoms with E-state index in [1.54, 1.807) is 6.26 Å². The Bertz CT molecular complexity index is 2410. The van der Waals surface area contributed by atoms with E-state index in [2.05, 4.69) is 47.9 Å². The Morgan fingerprint density at radius 2 is 1.27 bits per heavy atom. The number of aromatic hydroxyl groups is 1. The number of thioether (sulfide) groups is 1. The summed E-state index contributed by atoms with van der Waals surface area (Å²) in [7, 11) is 1.78. The van der Waals surface area contributed by atoms with Gasteiger partial charge in [0.05, 0.1) is 31.7 Å². The first-order chi connectivity index (χ1) is 38.3. The quantitative estimate of drug-likeness (QED) is 0.0542. The van der Waals surface area contributed by atoms with Crippen LogP contribution in [0.1, 0.15) is 70.3 Å². The maximum absolute atomic E-state index is 14.1. The number of carbonyl (C=O) groups is 13. The van der Waals surface area contributed by atoms with Gasteiger partial charge in [-0.15, -0.1) is 0 Å². The number of phenolic OH excluding ortho intramolecular Hbond substituents is 1. The first-order valence-corrected chi connectivity index (χ1v) is 29.6. The molecule has 0 bridgehead atoms. The van der Waals surface area contributed by atoms with Gasteiger partial charge in [-0.1, -0.05) is 33.7 Å². The lowest BCUT2D eigenvalue weighted by Gasteiger charge is -2.30. The van der Waals surface area contributed by atoms with Gasteiger partial charge in [0.2, 0.25) is 65.0 Å². The van der Waals surface area contributed by atoms with Crippen LogP contribution in [0.3, 0.4) is 0 Å². The van der Waals surface area contributed by atoms with Crippen molar-refractivity contribution in [1.82, 2.24) is 52.8 Å². The number of carboxylic acids is 2. The summed E-state index contributed by atoms with van der Waals surface area (Å²) in [5.74, 6) is -13.9. The van der Waals surface area contributed by atoms with Crippen molar-refractivity contribution in [2.24, 2.45) is 17.2 Å². The predicted molar refractivity (Wildman–Crippen MR) is 295 cm³/mol. The number of phenols is 1. The number of aliphatic carboxylic acids is 2. The summed E-state index contributed by atoms with van der Waals surface area (Å²) in [5, 5.41) is 61.6. The summed E-state index contributed by atoms with van der Waals surface area (Å²) in [6.45, 7) is -0.346. The van der Waals surface area contributed by atoms with Gasteiger partial charge in [0.25, 0.3) is 0 Å². The highest BCUT2D eigenvalue weighted by Crippen LogP contribution is 2.24. The number of unbranched alkanes of at least 4 members (excludes halogenated alkanes) is 1. The Labute approximate surface area is 478 Å². The van der Waals surface area contributed by atoms with Crippen molar-refractivity contribution in [3.8, 4) is 5.75 Å². The number of hydrogen-bond donors (Lipinski definition) is 16. The lowest BCUT2D eigenvalue weighted by atomic mass is 10.0. The molecule has 0 spiro atoms. The molecule has 0 aliphatic carbocycles. The van der Waals surface area contributed by atoms with Crippen molar-refractivity contribution in [2.75, 3.05) is 49.7 Å². The molecule has 2 heterocycles. The molecular weight excluding hydrogens is 1130 g/mol. The molecule has 0 radical (unpaired) electrons. The molecular formula is C48H73N13O17S3. The Hall–Kier alpha value is -6.94. The van der Waals surface area contributed by atoms with E-state index in [9.17, 15) is 82.8 Å². The molecule has 2 aliphatic heterocycles. The Morgan fingerprint density at radius 3 is 1.86 bits per heavy atom. The first-order valence-electron chi connectivity index (χ1n) is 25.7. The zero-order valence-electron chi connectivity index (χ0n) is 44.6. The largest absolute Gasteiger partial charge is 0.508 e. The van der Waals surface area contributed by atoms with Gasteiger partial charge in [0.1, 0.15) is 54.1 Å². The Balaban J connectivity index is 2.04. The minimum absolute atomic E-state index is 0.00241. The molecule has 3 rings (SSSR count). The van der Waals surface area contributed by atoms with Crippen LogP contribution in [0.15, 0.2) is 24.3 Å². The number of nitrogens with two attached hydrogens (primary N) is 3. The highest BCUT2D eigenvalue weighted by atomic mass is 33.1. The predicted octanol–water partition coefficient (Wildman–Crippen LogP) is -5.64. The molecule has 11 amide bonds. The number of nitrogens with one attached hydrogen (secondary N) is 9. The summed E-state index contributed by atoms with van der Waals surface area (Å²) in [5.41, 5.74) is 17.6. The van der Waals surface area contributed by atoms with E-state index in [-0.39, 0.29) is 62.4 Å². The zero-order chi connectivity index (χ0) is 60.3. The summed E-state index contributed by atoms with van der Waals surface area (Å²) in [4.78, 5) is 174. The number of rotatable bonds is 16. The Morgan fingerprint density at radius 1 is 0.704 bits per heavy atom. The first kappa shape index (κ1) is 68.3. The van der Waals surface area contributed by atoms with Crippen LogP contribution in [-0.2, 0) is 68.7 Å². The van der Waals surface area contributed by atoms with E-state index in [1.807, 2.05) is 0 Å². The second-order valence-corrected chi connectivity index (χ2v) is 22.4. The number of aliphatic hydroxyl groups is 1. The summed E-state index contributed by atoms with van der Waals surface area (Å²) in [6.07, 6.45) is -1.30. The molecule has 33 heteroatoms. The van der Waals surface area contributed by atoms with Crippen LogP contribution < -0.4 is 65.1 Å². The second-order valence-electron chi connectivity index (χ2n) is 18.9. The third-order valence-electron chi connectivity index (χ3n) is 12.4. The number of carboxylic acid groups (broad SMARTS) is 2. The molecule has 81 heavy (non-hydrogen) atoms. The van der Waals surface area contributed by atoms with Crippen molar-refractivity contribution in [3.63, 3.8) is 0 Å². The SMILES string of the molecule is CSCC[C@@H]1NC(=O)[C@@H]2CCCN2C(=O)[C@H](CC(N)=O)NC(=O)[C@@H](N)CSSC[C@@H](C(=O)O)NC(=O)CNC(=O)[C@H](CCC(=O)O)NC(=O)[C@H](CCCCN)NC(=O)[C@H]([C@@H](C)O)NC(=O)[C@H](Cc2ccc(O)cc2)NC(=O)CNC1=O. The maximum atomic E-state index is 14.1. The maximum Gasteiger partial charge on any atom is 0.327 e. The third-order valence-corrected chi connectivity index (χ3v) is 15.5. The van der Waals surface area contributed by atoms with Crippen molar-refractivity contribution in [2.45, 2.75) is 132 Å². The summed E-state index contributed by atoms with van der Waals surface area (Å²) < 4.78 is 0. The molecule has 19 N–H and O–H groups in total. The Kier molecular flexibility index (Phi) is 29.6. The number of amides is 11. The van der Waals surface area contributed by atoms with Gasteiger partial charge in [0, 0.05) is 30.9 Å². The van der Waals surface area contributed by atoms with Gasteiger partial charge in [-0.2, -0.15) is 11.8 Å². The van der Waals surface area contributed by atoms with Gasteiger partial charge < -0.3 is 90.4 Å². The number of hydrogen-bond acceptors (Lipinski definition) is 20. The van der Waals surface area contributed by atoms with E-state index in [1.165, 1.54) is 36.0 Å². The van der Waals surface area contributed by atoms with Crippen LogP contribution in [0.5, 0.6) is 5.75 Å². The van der Waals surface area contributed by atoms with Gasteiger partial charge in [0.15, 0.2) is 0 Å². The molecule has 1 aromatic rings. The van der Waals surface area contributed by atoms with Crippen LogP contribution in [0.4, 0.5) is 0 Å². The fourth-order valence-electron chi connectivity index (χ4n) is 8.08. The minimum atomic E-state index is -1.83. The van der Waals surface area contributed by atoms with Gasteiger partial charge >= 0.3 is 11.9 Å². The highest BCUT2D eigenvalue weighted by molar-refractivity contribution is 8.76. The van der Waals surface area contributed by atoms with E-state index in [0.29, 0.717) is 24.2 Å². The zero-order valence-corrected chi connectivity index (χ0v) is 47.1. The van der Waals surface area contributed by atoms with Crippen molar-refractivity contribution in [3.05, 3.63) is 29.8 Å². The van der Waals surface area contributed by atoms with E-state index >= 15 is 0 Å². The molecule has 30 nitrogen and oxygen atoms in total. The average molecular weight is 1200 g/mol. The summed E-state index contributed by atoms with van der Waals surface area (Å²) in [6, 6.07) is -8.12. The van der Waals surface area contributed by atoms with E-state index in [4.69, 9.17) is 17.2 Å². The molecule has 0 unspecified atom stereocenters. The molecule has 2 saturated heterocycles. The molecule has 2 fully saturated rings. The molecule has 450 valence electrons. The standard InChI is InChI=1S/C48H73N13O17S3/c1-24(62)39-46(75)58-28(6-3-4-15-49)43(72)56-29(12-13-38(67)68)41(70)52-21-37(66)55-33(48(77)78)23-81-80-22-27(50)40(69)59-32(19-35(51)64)47(76)61-16-5-7-34(61)45(74)57-30(14-17-79-2)42(71)53-20-36(65)54-31(44(73)60-39)18-25-8-10-26(63)11-9-25/h8-11,24,27-34,39,62-63H,3-7,12-23,49-50H2,1-2H3,(H2,51,64)(H,52,70)(H,53,71)(H,54,65)(H,55,66)(H,56,72)(H,57,74)(H,58,75)(H,59,69)(H,60,73)(H,67,68)(H,77,78)/t24-,27+,28+,29+,30+,31+,32+,33+,34+,39+/m1/s1.